The average molecular weight is 230 g/mol. The van der Waals surface area contributed by atoms with Crippen LogP contribution in [0.3, 0.4) is 0 Å². The minimum atomic E-state index is -0.426. The number of rotatable bonds is 6. The zero-order valence-electron chi connectivity index (χ0n) is 9.19. The molecule has 0 radical (unpaired) electrons. The van der Waals surface area contributed by atoms with Crippen molar-refractivity contribution >= 4 is 11.3 Å². The fourth-order valence-electron chi connectivity index (χ4n) is 1.53. The predicted molar refractivity (Wildman–Crippen MR) is 60.8 cm³/mol. The van der Waals surface area contributed by atoms with Crippen LogP contribution in [-0.4, -0.2) is 17.3 Å². The Kier molecular flexibility index (Phi) is 5.25. The van der Waals surface area contributed by atoms with Crippen molar-refractivity contribution in [2.45, 2.75) is 39.1 Å². The van der Waals surface area contributed by atoms with Gasteiger partial charge in [0, 0.05) is 16.9 Å². The van der Waals surface area contributed by atoms with Gasteiger partial charge in [-0.2, -0.15) is 0 Å². The number of methoxy groups -OCH3 is 1. The van der Waals surface area contributed by atoms with E-state index >= 15 is 0 Å². The highest BCUT2D eigenvalue weighted by Crippen LogP contribution is 2.31. The van der Waals surface area contributed by atoms with Crippen molar-refractivity contribution in [2.24, 2.45) is 0 Å². The molecule has 1 rings (SSSR count). The SMILES string of the molecule is CCCC(O)c1sc(CO)cc1COC. The third kappa shape index (κ3) is 3.28. The van der Waals surface area contributed by atoms with Gasteiger partial charge < -0.3 is 14.9 Å². The van der Waals surface area contributed by atoms with E-state index in [-0.39, 0.29) is 6.61 Å². The second-order valence-electron chi connectivity index (χ2n) is 3.50. The van der Waals surface area contributed by atoms with Crippen LogP contribution in [0.15, 0.2) is 6.07 Å². The Bertz CT molecular complexity index is 296. The second kappa shape index (κ2) is 6.23. The van der Waals surface area contributed by atoms with E-state index in [9.17, 15) is 5.11 Å². The molecule has 1 atom stereocenters. The highest BCUT2D eigenvalue weighted by atomic mass is 32.1. The summed E-state index contributed by atoms with van der Waals surface area (Å²) in [6.07, 6.45) is 1.27. The molecule has 1 aromatic heterocycles. The fraction of sp³-hybridized carbons (Fsp3) is 0.636. The molecule has 0 fully saturated rings. The Balaban J connectivity index is 2.87. The van der Waals surface area contributed by atoms with E-state index in [1.165, 1.54) is 11.3 Å². The lowest BCUT2D eigenvalue weighted by Crippen LogP contribution is -1.98. The molecule has 0 amide bonds. The molecule has 4 heteroatoms. The van der Waals surface area contributed by atoms with Crippen molar-refractivity contribution in [2.75, 3.05) is 7.11 Å². The lowest BCUT2D eigenvalue weighted by Gasteiger charge is -2.09. The van der Waals surface area contributed by atoms with Crippen molar-refractivity contribution in [3.8, 4) is 0 Å². The van der Waals surface area contributed by atoms with Gasteiger partial charge in [-0.3, -0.25) is 0 Å². The third-order valence-electron chi connectivity index (χ3n) is 2.21. The smallest absolute Gasteiger partial charge is 0.0885 e. The third-order valence-corrected chi connectivity index (χ3v) is 3.48. The summed E-state index contributed by atoms with van der Waals surface area (Å²) in [7, 11) is 1.63. The van der Waals surface area contributed by atoms with Gasteiger partial charge in [-0.25, -0.2) is 0 Å². The Morgan fingerprint density at radius 3 is 2.80 bits per heavy atom. The molecule has 0 saturated carbocycles. The zero-order chi connectivity index (χ0) is 11.3. The molecule has 0 aliphatic carbocycles. The molecule has 0 aliphatic heterocycles. The first kappa shape index (κ1) is 12.6. The summed E-state index contributed by atoms with van der Waals surface area (Å²) >= 11 is 1.47. The number of aliphatic hydroxyl groups excluding tert-OH is 2. The van der Waals surface area contributed by atoms with E-state index < -0.39 is 6.10 Å². The number of ether oxygens (including phenoxy) is 1. The molecule has 1 unspecified atom stereocenters. The molecule has 15 heavy (non-hydrogen) atoms. The number of hydrogen-bond donors (Lipinski definition) is 2. The molecule has 86 valence electrons. The molecule has 0 saturated heterocycles. The van der Waals surface area contributed by atoms with Crippen LogP contribution in [-0.2, 0) is 18.0 Å². The van der Waals surface area contributed by atoms with E-state index in [1.807, 2.05) is 13.0 Å². The van der Waals surface area contributed by atoms with Gasteiger partial charge >= 0.3 is 0 Å². The topological polar surface area (TPSA) is 49.7 Å². The summed E-state index contributed by atoms with van der Waals surface area (Å²) < 4.78 is 5.07. The van der Waals surface area contributed by atoms with Crippen molar-refractivity contribution in [1.82, 2.24) is 0 Å². The zero-order valence-corrected chi connectivity index (χ0v) is 10.0. The monoisotopic (exact) mass is 230 g/mol. The van der Waals surface area contributed by atoms with Crippen LogP contribution in [0.4, 0.5) is 0 Å². The Hall–Kier alpha value is -0.420. The molecule has 0 spiro atoms. The summed E-state index contributed by atoms with van der Waals surface area (Å²) in [5.41, 5.74) is 0.993. The van der Waals surface area contributed by atoms with E-state index in [0.717, 1.165) is 28.2 Å². The number of aliphatic hydroxyl groups is 2. The van der Waals surface area contributed by atoms with Crippen LogP contribution < -0.4 is 0 Å². The molecule has 2 N–H and O–H groups in total. The van der Waals surface area contributed by atoms with E-state index in [0.29, 0.717) is 6.61 Å². The fourth-order valence-corrected chi connectivity index (χ4v) is 2.59. The summed E-state index contributed by atoms with van der Waals surface area (Å²) in [6.45, 7) is 2.56. The van der Waals surface area contributed by atoms with Gasteiger partial charge in [0.2, 0.25) is 0 Å². The number of hydrogen-bond acceptors (Lipinski definition) is 4. The highest BCUT2D eigenvalue weighted by molar-refractivity contribution is 7.12. The van der Waals surface area contributed by atoms with Crippen LogP contribution >= 0.6 is 11.3 Å². The van der Waals surface area contributed by atoms with Gasteiger partial charge in [0.05, 0.1) is 19.3 Å². The van der Waals surface area contributed by atoms with Crippen LogP contribution in [0.25, 0.3) is 0 Å². The lowest BCUT2D eigenvalue weighted by molar-refractivity contribution is 0.157. The standard InChI is InChI=1S/C11H18O3S/c1-3-4-10(13)11-8(7-14-2)5-9(6-12)15-11/h5,10,12-13H,3-4,6-7H2,1-2H3. The maximum atomic E-state index is 9.91. The van der Waals surface area contributed by atoms with Gasteiger partial charge in [-0.05, 0) is 18.1 Å². The Morgan fingerprint density at radius 2 is 2.27 bits per heavy atom. The van der Waals surface area contributed by atoms with Gasteiger partial charge in [0.25, 0.3) is 0 Å². The molecule has 1 aromatic rings. The molecular formula is C11H18O3S. The molecule has 1 heterocycles. The van der Waals surface area contributed by atoms with E-state index in [1.54, 1.807) is 7.11 Å². The minimum Gasteiger partial charge on any atom is -0.391 e. The largest absolute Gasteiger partial charge is 0.391 e. The normalized spacial score (nSPS) is 13.1. The van der Waals surface area contributed by atoms with Crippen molar-refractivity contribution in [3.63, 3.8) is 0 Å². The van der Waals surface area contributed by atoms with E-state index in [2.05, 4.69) is 0 Å². The van der Waals surface area contributed by atoms with Gasteiger partial charge in [0.15, 0.2) is 0 Å². The molecule has 0 aliphatic rings. The van der Waals surface area contributed by atoms with E-state index in [4.69, 9.17) is 9.84 Å². The molecular weight excluding hydrogens is 212 g/mol. The minimum absolute atomic E-state index is 0.0280. The summed E-state index contributed by atoms with van der Waals surface area (Å²) in [5, 5.41) is 19.0. The van der Waals surface area contributed by atoms with Gasteiger partial charge in [-0.15, -0.1) is 11.3 Å². The van der Waals surface area contributed by atoms with Crippen LogP contribution in [0.1, 0.15) is 41.2 Å². The maximum absolute atomic E-state index is 9.91. The van der Waals surface area contributed by atoms with Crippen LogP contribution in [0.2, 0.25) is 0 Å². The quantitative estimate of drug-likeness (QED) is 0.788. The van der Waals surface area contributed by atoms with Gasteiger partial charge in [-0.1, -0.05) is 13.3 Å². The molecule has 0 aromatic carbocycles. The summed E-state index contributed by atoms with van der Waals surface area (Å²) in [5.74, 6) is 0. The maximum Gasteiger partial charge on any atom is 0.0885 e. The highest BCUT2D eigenvalue weighted by Gasteiger charge is 2.15. The average Bonchev–Trinajstić information content (AvgIpc) is 2.62. The lowest BCUT2D eigenvalue weighted by atomic mass is 10.1. The number of thiophene rings is 1. The second-order valence-corrected chi connectivity index (χ2v) is 4.67. The predicted octanol–water partition coefficient (Wildman–Crippen LogP) is 2.22. The Morgan fingerprint density at radius 1 is 1.53 bits per heavy atom. The first-order valence-electron chi connectivity index (χ1n) is 5.12. The van der Waals surface area contributed by atoms with Crippen molar-refractivity contribution < 1.29 is 14.9 Å². The summed E-state index contributed by atoms with van der Waals surface area (Å²) in [6, 6.07) is 1.91. The van der Waals surface area contributed by atoms with Crippen molar-refractivity contribution in [3.05, 3.63) is 21.4 Å². The van der Waals surface area contributed by atoms with Crippen molar-refractivity contribution in [1.29, 1.82) is 0 Å². The molecule has 3 nitrogen and oxygen atoms in total. The first-order valence-corrected chi connectivity index (χ1v) is 5.93. The van der Waals surface area contributed by atoms with Crippen LogP contribution in [0, 0.1) is 0 Å². The first-order chi connectivity index (χ1) is 7.22. The Labute approximate surface area is 94.3 Å². The van der Waals surface area contributed by atoms with Gasteiger partial charge in [0.1, 0.15) is 0 Å². The molecule has 0 bridgehead atoms. The van der Waals surface area contributed by atoms with Crippen LogP contribution in [0.5, 0.6) is 0 Å². The summed E-state index contributed by atoms with van der Waals surface area (Å²) in [4.78, 5) is 1.81.